The van der Waals surface area contributed by atoms with Gasteiger partial charge < -0.3 is 15.5 Å². The summed E-state index contributed by atoms with van der Waals surface area (Å²) in [7, 11) is 0. The number of hydrogen-bond donors (Lipinski definition) is 3. The van der Waals surface area contributed by atoms with Gasteiger partial charge in [0.1, 0.15) is 0 Å². The van der Waals surface area contributed by atoms with Crippen LogP contribution in [0.3, 0.4) is 0 Å². The van der Waals surface area contributed by atoms with Crippen LogP contribution >= 0.6 is 0 Å². The Morgan fingerprint density at radius 1 is 0.333 bits per heavy atom. The number of aliphatic hydroxyl groups is 2. The van der Waals surface area contributed by atoms with E-state index in [4.69, 9.17) is 0 Å². The second-order valence-electron chi connectivity index (χ2n) is 22.6. The predicted octanol–water partition coefficient (Wildman–Crippen LogP) is 21.7. The van der Waals surface area contributed by atoms with Crippen molar-refractivity contribution in [3.63, 3.8) is 0 Å². The molecule has 0 fully saturated rings. The van der Waals surface area contributed by atoms with E-state index in [1.165, 1.54) is 334 Å². The molecule has 0 bridgehead atoms. The van der Waals surface area contributed by atoms with Gasteiger partial charge in [-0.05, 0) is 19.3 Å². The largest absolute Gasteiger partial charge is 0.394 e. The number of amides is 1. The van der Waals surface area contributed by atoms with Crippen LogP contribution in [0.2, 0.25) is 0 Å². The Morgan fingerprint density at radius 3 is 0.754 bits per heavy atom. The topological polar surface area (TPSA) is 69.6 Å². The van der Waals surface area contributed by atoms with E-state index in [1.54, 1.807) is 6.08 Å². The number of unbranched alkanes of at least 4 members (excludes halogenated alkanes) is 54. The summed E-state index contributed by atoms with van der Waals surface area (Å²) in [5, 5.41) is 23.3. The van der Waals surface area contributed by atoms with E-state index in [1.807, 2.05) is 6.08 Å². The first-order valence-electron chi connectivity index (χ1n) is 32.4. The van der Waals surface area contributed by atoms with Crippen molar-refractivity contribution < 1.29 is 15.0 Å². The van der Waals surface area contributed by atoms with E-state index >= 15 is 0 Å². The smallest absolute Gasteiger partial charge is 0.220 e. The molecular weight excluding hydrogens is 843 g/mol. The van der Waals surface area contributed by atoms with Crippen LogP contribution in [0.15, 0.2) is 12.2 Å². The van der Waals surface area contributed by atoms with Crippen molar-refractivity contribution in [1.29, 1.82) is 0 Å². The Balaban J connectivity index is 3.40. The van der Waals surface area contributed by atoms with Gasteiger partial charge in [0.05, 0.1) is 18.8 Å². The van der Waals surface area contributed by atoms with Crippen LogP contribution in [0.25, 0.3) is 0 Å². The number of carbonyl (C=O) groups excluding carboxylic acids is 1. The van der Waals surface area contributed by atoms with Crippen molar-refractivity contribution in [2.45, 2.75) is 392 Å². The quantitative estimate of drug-likeness (QED) is 0.0420. The van der Waals surface area contributed by atoms with E-state index in [-0.39, 0.29) is 12.5 Å². The monoisotopic (exact) mass is 972 g/mol. The average Bonchev–Trinajstić information content (AvgIpc) is 3.35. The Bertz CT molecular complexity index is 967. The minimum atomic E-state index is -0.836. The molecular formula is C65H129NO3. The van der Waals surface area contributed by atoms with Crippen LogP contribution in [0, 0.1) is 0 Å². The van der Waals surface area contributed by atoms with Crippen LogP contribution in [-0.4, -0.2) is 34.9 Å². The maximum Gasteiger partial charge on any atom is 0.220 e. The van der Waals surface area contributed by atoms with Gasteiger partial charge >= 0.3 is 0 Å². The van der Waals surface area contributed by atoms with E-state index in [0.717, 1.165) is 25.7 Å². The van der Waals surface area contributed by atoms with Gasteiger partial charge in [-0.1, -0.05) is 366 Å². The van der Waals surface area contributed by atoms with Crippen molar-refractivity contribution in [3.05, 3.63) is 12.2 Å². The number of carbonyl (C=O) groups is 1. The van der Waals surface area contributed by atoms with E-state index in [0.29, 0.717) is 6.42 Å². The summed E-state index contributed by atoms with van der Waals surface area (Å²) < 4.78 is 0. The molecule has 4 heteroatoms. The molecule has 0 aliphatic heterocycles. The molecule has 1 amide bonds. The zero-order valence-electron chi connectivity index (χ0n) is 47.6. The summed E-state index contributed by atoms with van der Waals surface area (Å²) in [5.74, 6) is -0.0538. The van der Waals surface area contributed by atoms with Crippen molar-refractivity contribution in [1.82, 2.24) is 5.32 Å². The molecule has 69 heavy (non-hydrogen) atoms. The highest BCUT2D eigenvalue weighted by atomic mass is 16.3. The standard InChI is InChI=1S/C65H129NO3/c1-3-5-7-9-11-13-15-17-19-21-23-25-27-29-30-31-32-33-34-35-37-39-41-43-45-47-49-51-53-55-57-59-61-65(69)66-63(62-67)64(68)60-58-56-54-52-50-48-46-44-42-40-38-36-28-26-24-22-20-18-16-14-12-10-8-6-4-2/h58,60,63-64,67-68H,3-57,59,61-62H2,1-2H3,(H,66,69)/b60-58+. The zero-order valence-corrected chi connectivity index (χ0v) is 47.6. The lowest BCUT2D eigenvalue weighted by molar-refractivity contribution is -0.123. The Labute approximate surface area is 435 Å². The lowest BCUT2D eigenvalue weighted by Crippen LogP contribution is -2.45. The summed E-state index contributed by atoms with van der Waals surface area (Å²) in [4.78, 5) is 12.5. The van der Waals surface area contributed by atoms with Crippen molar-refractivity contribution >= 4 is 5.91 Å². The summed E-state index contributed by atoms with van der Waals surface area (Å²) in [6.45, 7) is 4.36. The third-order valence-corrected chi connectivity index (χ3v) is 15.5. The molecule has 2 atom stereocenters. The Kier molecular flexibility index (Phi) is 60.7. The molecule has 0 saturated heterocycles. The predicted molar refractivity (Wildman–Crippen MR) is 309 cm³/mol. The highest BCUT2D eigenvalue weighted by molar-refractivity contribution is 5.76. The third-order valence-electron chi connectivity index (χ3n) is 15.5. The maximum atomic E-state index is 12.5. The molecule has 0 rings (SSSR count). The first kappa shape index (κ1) is 68.1. The molecule has 0 radical (unpaired) electrons. The van der Waals surface area contributed by atoms with Gasteiger partial charge in [-0.25, -0.2) is 0 Å². The first-order valence-corrected chi connectivity index (χ1v) is 32.4. The van der Waals surface area contributed by atoms with Crippen LogP contribution in [0.1, 0.15) is 380 Å². The van der Waals surface area contributed by atoms with Crippen LogP contribution in [0.4, 0.5) is 0 Å². The second-order valence-corrected chi connectivity index (χ2v) is 22.6. The fourth-order valence-electron chi connectivity index (χ4n) is 10.6. The lowest BCUT2D eigenvalue weighted by Gasteiger charge is -2.20. The van der Waals surface area contributed by atoms with E-state index in [2.05, 4.69) is 19.2 Å². The molecule has 0 aromatic carbocycles. The highest BCUT2D eigenvalue weighted by Gasteiger charge is 2.18. The highest BCUT2D eigenvalue weighted by Crippen LogP contribution is 2.19. The molecule has 0 aliphatic rings. The lowest BCUT2D eigenvalue weighted by atomic mass is 10.0. The molecule has 0 aromatic rings. The molecule has 0 spiro atoms. The number of hydrogen-bond acceptors (Lipinski definition) is 3. The summed E-state index contributed by atoms with van der Waals surface area (Å²) >= 11 is 0. The SMILES string of the molecule is CCCCCCCCCCCCCCCCCCCCCCCCC/C=C/C(O)C(CO)NC(=O)CCCCCCCCCCCCCCCCCCCCCCCCCCCCCCCCCC. The number of rotatable bonds is 61. The average molecular weight is 973 g/mol. The van der Waals surface area contributed by atoms with Gasteiger partial charge in [-0.2, -0.15) is 0 Å². The summed E-state index contributed by atoms with van der Waals surface area (Å²) in [5.41, 5.74) is 0. The fourth-order valence-corrected chi connectivity index (χ4v) is 10.6. The zero-order chi connectivity index (χ0) is 49.9. The number of nitrogens with one attached hydrogen (secondary N) is 1. The van der Waals surface area contributed by atoms with E-state index < -0.39 is 12.1 Å². The molecule has 0 aromatic heterocycles. The molecule has 0 heterocycles. The molecule has 0 aliphatic carbocycles. The summed E-state index contributed by atoms with van der Waals surface area (Å²) in [6, 6.07) is -0.619. The van der Waals surface area contributed by atoms with E-state index in [9.17, 15) is 15.0 Å². The molecule has 412 valence electrons. The molecule has 2 unspecified atom stereocenters. The third kappa shape index (κ3) is 57.9. The van der Waals surface area contributed by atoms with Gasteiger partial charge in [0.2, 0.25) is 5.91 Å². The van der Waals surface area contributed by atoms with Crippen molar-refractivity contribution in [2.24, 2.45) is 0 Å². The number of allylic oxidation sites excluding steroid dienone is 1. The van der Waals surface area contributed by atoms with Crippen molar-refractivity contribution in [2.75, 3.05) is 6.61 Å². The normalized spacial score (nSPS) is 12.7. The summed E-state index contributed by atoms with van der Waals surface area (Å²) in [6.07, 6.45) is 81.4. The molecule has 0 saturated carbocycles. The van der Waals surface area contributed by atoms with Gasteiger partial charge in [-0.3, -0.25) is 4.79 Å². The van der Waals surface area contributed by atoms with Crippen molar-refractivity contribution in [3.8, 4) is 0 Å². The van der Waals surface area contributed by atoms with Crippen LogP contribution < -0.4 is 5.32 Å². The molecule has 3 N–H and O–H groups in total. The number of aliphatic hydroxyl groups excluding tert-OH is 2. The molecule has 4 nitrogen and oxygen atoms in total. The minimum absolute atomic E-state index is 0.0538. The van der Waals surface area contributed by atoms with Gasteiger partial charge in [0.15, 0.2) is 0 Å². The minimum Gasteiger partial charge on any atom is -0.394 e. The van der Waals surface area contributed by atoms with Crippen LogP contribution in [-0.2, 0) is 4.79 Å². The van der Waals surface area contributed by atoms with Gasteiger partial charge in [0, 0.05) is 6.42 Å². The second kappa shape index (κ2) is 61.4. The Hall–Kier alpha value is -0.870. The maximum absolute atomic E-state index is 12.5. The van der Waals surface area contributed by atoms with Gasteiger partial charge in [-0.15, -0.1) is 0 Å². The Morgan fingerprint density at radius 2 is 0.536 bits per heavy atom. The fraction of sp³-hybridized carbons (Fsp3) is 0.954. The van der Waals surface area contributed by atoms with Crippen LogP contribution in [0.5, 0.6) is 0 Å². The van der Waals surface area contributed by atoms with Gasteiger partial charge in [0.25, 0.3) is 0 Å². The first-order chi connectivity index (χ1) is 34.2.